The van der Waals surface area contributed by atoms with E-state index in [-0.39, 0.29) is 5.82 Å². The largest absolute Gasteiger partial charge is 0.370 e. The fourth-order valence-corrected chi connectivity index (χ4v) is 2.94. The summed E-state index contributed by atoms with van der Waals surface area (Å²) in [7, 11) is 6.03. The molecular formula is C15H24FN3. The summed E-state index contributed by atoms with van der Waals surface area (Å²) < 4.78 is 14.1. The molecule has 0 amide bonds. The Balaban J connectivity index is 2.15. The van der Waals surface area contributed by atoms with Crippen molar-refractivity contribution < 1.29 is 4.39 Å². The maximum Gasteiger partial charge on any atom is 0.146 e. The van der Waals surface area contributed by atoms with Crippen LogP contribution >= 0.6 is 0 Å². The van der Waals surface area contributed by atoms with Gasteiger partial charge in [0.15, 0.2) is 0 Å². The molecule has 106 valence electrons. The van der Waals surface area contributed by atoms with Gasteiger partial charge in [-0.05, 0) is 45.1 Å². The van der Waals surface area contributed by atoms with E-state index in [1.54, 1.807) is 12.1 Å². The maximum absolute atomic E-state index is 14.1. The molecule has 1 heterocycles. The quantitative estimate of drug-likeness (QED) is 0.879. The van der Waals surface area contributed by atoms with Gasteiger partial charge < -0.3 is 15.1 Å². The molecule has 1 aliphatic rings. The third-order valence-corrected chi connectivity index (χ3v) is 3.98. The van der Waals surface area contributed by atoms with Crippen molar-refractivity contribution in [2.45, 2.75) is 25.4 Å². The Bertz CT molecular complexity index is 422. The number of hydrogen-bond acceptors (Lipinski definition) is 3. The first-order valence-electron chi connectivity index (χ1n) is 6.97. The first kappa shape index (κ1) is 14.3. The van der Waals surface area contributed by atoms with Gasteiger partial charge in [-0.1, -0.05) is 12.1 Å². The van der Waals surface area contributed by atoms with E-state index in [0.29, 0.717) is 12.6 Å². The number of rotatable bonds is 5. The molecule has 0 saturated carbocycles. The molecular weight excluding hydrogens is 241 g/mol. The molecule has 1 aliphatic heterocycles. The van der Waals surface area contributed by atoms with Crippen molar-refractivity contribution >= 4 is 5.69 Å². The number of para-hydroxylation sites is 1. The van der Waals surface area contributed by atoms with Gasteiger partial charge in [-0.2, -0.15) is 0 Å². The van der Waals surface area contributed by atoms with Gasteiger partial charge in [0, 0.05) is 26.2 Å². The van der Waals surface area contributed by atoms with Gasteiger partial charge >= 0.3 is 0 Å². The maximum atomic E-state index is 14.1. The van der Waals surface area contributed by atoms with Crippen LogP contribution in [0.1, 0.15) is 18.4 Å². The van der Waals surface area contributed by atoms with Crippen LogP contribution in [0.2, 0.25) is 0 Å². The summed E-state index contributed by atoms with van der Waals surface area (Å²) in [4.78, 5) is 4.43. The number of halogens is 1. The third kappa shape index (κ3) is 3.25. The number of likely N-dealkylation sites (tertiary alicyclic amines) is 1. The molecule has 1 unspecified atom stereocenters. The molecule has 0 spiro atoms. The lowest BCUT2D eigenvalue weighted by Crippen LogP contribution is -2.37. The van der Waals surface area contributed by atoms with Crippen molar-refractivity contribution in [2.24, 2.45) is 0 Å². The van der Waals surface area contributed by atoms with E-state index in [4.69, 9.17) is 0 Å². The highest BCUT2D eigenvalue weighted by molar-refractivity contribution is 5.54. The van der Waals surface area contributed by atoms with Gasteiger partial charge in [0.2, 0.25) is 0 Å². The molecule has 0 aliphatic carbocycles. The molecule has 1 N–H and O–H groups in total. The standard InChI is InChI=1S/C15H24FN3/c1-17-10-12-6-4-8-14(16)15(12)19(3)11-13-7-5-9-18(13)2/h4,6,8,13,17H,5,7,9-11H2,1-3H3. The summed E-state index contributed by atoms with van der Waals surface area (Å²) in [6.45, 7) is 2.73. The van der Waals surface area contributed by atoms with Gasteiger partial charge in [-0.25, -0.2) is 4.39 Å². The average Bonchev–Trinajstić information content (AvgIpc) is 2.75. The summed E-state index contributed by atoms with van der Waals surface area (Å²) in [6, 6.07) is 5.85. The molecule has 0 radical (unpaired) electrons. The Morgan fingerprint density at radius 3 is 2.89 bits per heavy atom. The SMILES string of the molecule is CNCc1cccc(F)c1N(C)CC1CCCN1C. The predicted molar refractivity (Wildman–Crippen MR) is 78.1 cm³/mol. The van der Waals surface area contributed by atoms with E-state index >= 15 is 0 Å². The van der Waals surface area contributed by atoms with Crippen LogP contribution in [0.15, 0.2) is 18.2 Å². The molecule has 1 fully saturated rings. The minimum atomic E-state index is -0.129. The Hall–Kier alpha value is -1.13. The zero-order valence-corrected chi connectivity index (χ0v) is 12.1. The van der Waals surface area contributed by atoms with Gasteiger partial charge in [-0.15, -0.1) is 0 Å². The predicted octanol–water partition coefficient (Wildman–Crippen LogP) is 2.08. The zero-order valence-electron chi connectivity index (χ0n) is 12.1. The lowest BCUT2D eigenvalue weighted by Gasteiger charge is -2.29. The van der Waals surface area contributed by atoms with Crippen LogP contribution in [-0.4, -0.2) is 45.2 Å². The summed E-state index contributed by atoms with van der Waals surface area (Å²) in [5.74, 6) is -0.129. The lowest BCUT2D eigenvalue weighted by molar-refractivity contribution is 0.313. The monoisotopic (exact) mass is 265 g/mol. The number of anilines is 1. The number of nitrogens with zero attached hydrogens (tertiary/aromatic N) is 2. The molecule has 1 aromatic carbocycles. The molecule has 0 bridgehead atoms. The van der Waals surface area contributed by atoms with Crippen molar-refractivity contribution in [1.29, 1.82) is 0 Å². The number of nitrogens with one attached hydrogen (secondary N) is 1. The summed E-state index contributed by atoms with van der Waals surface area (Å²) in [5, 5.41) is 3.11. The van der Waals surface area contributed by atoms with Crippen LogP contribution in [0.25, 0.3) is 0 Å². The highest BCUT2D eigenvalue weighted by Gasteiger charge is 2.23. The Kier molecular flexibility index (Phi) is 4.77. The van der Waals surface area contributed by atoms with Crippen LogP contribution in [0.3, 0.4) is 0 Å². The van der Waals surface area contributed by atoms with Crippen LogP contribution < -0.4 is 10.2 Å². The average molecular weight is 265 g/mol. The number of benzene rings is 1. The van der Waals surface area contributed by atoms with E-state index in [0.717, 1.165) is 24.3 Å². The second kappa shape index (κ2) is 6.35. The van der Waals surface area contributed by atoms with Crippen molar-refractivity contribution in [1.82, 2.24) is 10.2 Å². The molecule has 2 rings (SSSR count). The van der Waals surface area contributed by atoms with Crippen LogP contribution in [-0.2, 0) is 6.54 Å². The highest BCUT2D eigenvalue weighted by atomic mass is 19.1. The smallest absolute Gasteiger partial charge is 0.146 e. The van der Waals surface area contributed by atoms with E-state index in [9.17, 15) is 4.39 Å². The molecule has 3 nitrogen and oxygen atoms in total. The molecule has 19 heavy (non-hydrogen) atoms. The number of likely N-dealkylation sites (N-methyl/N-ethyl adjacent to an activating group) is 2. The van der Waals surface area contributed by atoms with Crippen LogP contribution in [0.5, 0.6) is 0 Å². The van der Waals surface area contributed by atoms with Crippen molar-refractivity contribution in [2.75, 3.05) is 39.1 Å². The highest BCUT2D eigenvalue weighted by Crippen LogP contribution is 2.25. The molecule has 1 saturated heterocycles. The molecule has 1 aromatic rings. The first-order chi connectivity index (χ1) is 9.13. The van der Waals surface area contributed by atoms with E-state index in [1.807, 2.05) is 20.2 Å². The second-order valence-corrected chi connectivity index (χ2v) is 5.44. The fourth-order valence-electron chi connectivity index (χ4n) is 2.94. The van der Waals surface area contributed by atoms with E-state index in [2.05, 4.69) is 22.2 Å². The van der Waals surface area contributed by atoms with Crippen LogP contribution in [0, 0.1) is 5.82 Å². The second-order valence-electron chi connectivity index (χ2n) is 5.44. The normalized spacial score (nSPS) is 19.9. The zero-order chi connectivity index (χ0) is 13.8. The summed E-state index contributed by atoms with van der Waals surface area (Å²) >= 11 is 0. The Labute approximate surface area is 115 Å². The summed E-state index contributed by atoms with van der Waals surface area (Å²) in [6.07, 6.45) is 2.45. The van der Waals surface area contributed by atoms with Crippen molar-refractivity contribution in [3.8, 4) is 0 Å². The van der Waals surface area contributed by atoms with Gasteiger partial charge in [-0.3, -0.25) is 0 Å². The molecule has 0 aromatic heterocycles. The fraction of sp³-hybridized carbons (Fsp3) is 0.600. The first-order valence-corrected chi connectivity index (χ1v) is 6.97. The van der Waals surface area contributed by atoms with Gasteiger partial charge in [0.25, 0.3) is 0 Å². The topological polar surface area (TPSA) is 18.5 Å². The van der Waals surface area contributed by atoms with Crippen LogP contribution in [0.4, 0.5) is 10.1 Å². The third-order valence-electron chi connectivity index (χ3n) is 3.98. The van der Waals surface area contributed by atoms with Crippen molar-refractivity contribution in [3.05, 3.63) is 29.6 Å². The lowest BCUT2D eigenvalue weighted by atomic mass is 10.1. The molecule has 4 heteroatoms. The minimum Gasteiger partial charge on any atom is -0.370 e. The van der Waals surface area contributed by atoms with Gasteiger partial charge in [0.1, 0.15) is 5.82 Å². The Morgan fingerprint density at radius 1 is 1.47 bits per heavy atom. The Morgan fingerprint density at radius 2 is 2.26 bits per heavy atom. The molecule has 1 atom stereocenters. The number of hydrogen-bond donors (Lipinski definition) is 1. The summed E-state index contributed by atoms with van der Waals surface area (Å²) in [5.41, 5.74) is 1.75. The van der Waals surface area contributed by atoms with E-state index in [1.165, 1.54) is 12.8 Å². The van der Waals surface area contributed by atoms with E-state index < -0.39 is 0 Å². The minimum absolute atomic E-state index is 0.129. The van der Waals surface area contributed by atoms with Crippen molar-refractivity contribution in [3.63, 3.8) is 0 Å². The van der Waals surface area contributed by atoms with Gasteiger partial charge in [0.05, 0.1) is 5.69 Å².